The molecule has 2 aromatic heterocycles. The lowest BCUT2D eigenvalue weighted by molar-refractivity contribution is 0.291. The number of hydrogen-bond donors (Lipinski definition) is 1. The Morgan fingerprint density at radius 3 is 2.62 bits per heavy atom. The van der Waals surface area contributed by atoms with Crippen LogP contribution in [0.5, 0.6) is 5.75 Å². The topological polar surface area (TPSA) is 105 Å². The monoisotopic (exact) mass is 470 g/mol. The first kappa shape index (κ1) is 22.2. The fourth-order valence-corrected chi connectivity index (χ4v) is 3.79. The van der Waals surface area contributed by atoms with Crippen LogP contribution in [0.1, 0.15) is 38.0 Å². The Morgan fingerprint density at radius 2 is 1.91 bits per heavy atom. The molecule has 0 amide bonds. The maximum Gasteiger partial charge on any atom is 0.237 e. The quantitative estimate of drug-likeness (QED) is 0.301. The summed E-state index contributed by atoms with van der Waals surface area (Å²) >= 11 is 7.37. The predicted molar refractivity (Wildman–Crippen MR) is 124 cm³/mol. The van der Waals surface area contributed by atoms with Gasteiger partial charge >= 0.3 is 0 Å². The third-order valence-corrected chi connectivity index (χ3v) is 5.86. The third-order valence-electron chi connectivity index (χ3n) is 4.70. The minimum absolute atomic E-state index is 0.0926. The molecule has 32 heavy (non-hydrogen) atoms. The number of benzene rings is 2. The van der Waals surface area contributed by atoms with E-state index in [9.17, 15) is 0 Å². The minimum atomic E-state index is 0.0926. The van der Waals surface area contributed by atoms with E-state index in [2.05, 4.69) is 53.2 Å². The number of nitrogens with zero attached hydrogens (tertiary/aromatic N) is 5. The first-order valence-corrected chi connectivity index (χ1v) is 11.3. The van der Waals surface area contributed by atoms with Crippen molar-refractivity contribution in [1.82, 2.24) is 25.0 Å². The van der Waals surface area contributed by atoms with Crippen LogP contribution in [0.2, 0.25) is 5.02 Å². The summed E-state index contributed by atoms with van der Waals surface area (Å²) in [4.78, 5) is 4.39. The number of hydrogen-bond acceptors (Lipinski definition) is 8. The van der Waals surface area contributed by atoms with Crippen molar-refractivity contribution in [3.05, 3.63) is 70.8 Å². The van der Waals surface area contributed by atoms with Crippen LogP contribution in [-0.4, -0.2) is 25.0 Å². The summed E-state index contributed by atoms with van der Waals surface area (Å²) in [7, 11) is 0. The SMILES string of the molecule is CC(C)(C)c1ccc(OCc2nnc(SCc3nc(-c4cccc(Cl)c4)no3)n2N)cc1. The van der Waals surface area contributed by atoms with Gasteiger partial charge in [-0.25, -0.2) is 4.68 Å². The van der Waals surface area contributed by atoms with Crippen LogP contribution in [0.15, 0.2) is 58.2 Å². The van der Waals surface area contributed by atoms with Crippen LogP contribution >= 0.6 is 23.4 Å². The van der Waals surface area contributed by atoms with Crippen LogP contribution in [0.4, 0.5) is 0 Å². The van der Waals surface area contributed by atoms with E-state index >= 15 is 0 Å². The highest BCUT2D eigenvalue weighted by atomic mass is 35.5. The molecule has 4 aromatic rings. The van der Waals surface area contributed by atoms with Gasteiger partial charge in [0.15, 0.2) is 5.82 Å². The predicted octanol–water partition coefficient (Wildman–Crippen LogP) is 4.86. The molecule has 0 spiro atoms. The van der Waals surface area contributed by atoms with E-state index in [4.69, 9.17) is 26.7 Å². The standard InChI is InChI=1S/C22H23ClN6O2S/c1-22(2,3)15-7-9-17(10-8-15)30-12-18-26-27-21(29(18)24)32-13-19-25-20(28-31-19)14-5-4-6-16(23)11-14/h4-11H,12-13,24H2,1-3H3. The summed E-state index contributed by atoms with van der Waals surface area (Å²) in [5.41, 5.74) is 2.12. The molecule has 2 heterocycles. The molecule has 0 aliphatic heterocycles. The van der Waals surface area contributed by atoms with E-state index in [1.54, 1.807) is 12.1 Å². The van der Waals surface area contributed by atoms with E-state index < -0.39 is 0 Å². The molecule has 166 valence electrons. The molecular weight excluding hydrogens is 448 g/mol. The van der Waals surface area contributed by atoms with Crippen molar-refractivity contribution in [3.63, 3.8) is 0 Å². The number of rotatable bonds is 7. The molecule has 0 saturated carbocycles. The Labute approximate surface area is 195 Å². The number of halogens is 1. The number of aromatic nitrogens is 5. The maximum atomic E-state index is 6.14. The van der Waals surface area contributed by atoms with Gasteiger partial charge in [-0.05, 0) is 35.2 Å². The molecule has 8 nitrogen and oxygen atoms in total. The average molecular weight is 471 g/mol. The summed E-state index contributed by atoms with van der Waals surface area (Å²) in [6, 6.07) is 15.3. The zero-order valence-corrected chi connectivity index (χ0v) is 19.5. The Morgan fingerprint density at radius 1 is 1.12 bits per heavy atom. The Balaban J connectivity index is 1.34. The summed E-state index contributed by atoms with van der Waals surface area (Å²) in [5, 5.41) is 13.4. The first-order valence-electron chi connectivity index (χ1n) is 9.93. The van der Waals surface area contributed by atoms with Crippen molar-refractivity contribution in [3.8, 4) is 17.1 Å². The zero-order valence-electron chi connectivity index (χ0n) is 17.9. The number of nitrogen functional groups attached to an aromatic ring is 1. The smallest absolute Gasteiger partial charge is 0.237 e. The summed E-state index contributed by atoms with van der Waals surface area (Å²) < 4.78 is 12.5. The van der Waals surface area contributed by atoms with E-state index in [-0.39, 0.29) is 12.0 Å². The maximum absolute atomic E-state index is 6.14. The number of nitrogens with two attached hydrogens (primary N) is 1. The molecule has 2 aromatic carbocycles. The van der Waals surface area contributed by atoms with Crippen LogP contribution < -0.4 is 10.6 Å². The zero-order chi connectivity index (χ0) is 22.7. The highest BCUT2D eigenvalue weighted by Crippen LogP contribution is 2.26. The van der Waals surface area contributed by atoms with Crippen LogP contribution in [-0.2, 0) is 17.8 Å². The van der Waals surface area contributed by atoms with Crippen LogP contribution in [0.3, 0.4) is 0 Å². The minimum Gasteiger partial charge on any atom is -0.486 e. The van der Waals surface area contributed by atoms with Gasteiger partial charge < -0.3 is 15.1 Å². The highest BCUT2D eigenvalue weighted by molar-refractivity contribution is 7.98. The highest BCUT2D eigenvalue weighted by Gasteiger charge is 2.16. The Hall–Kier alpha value is -3.04. The lowest BCUT2D eigenvalue weighted by atomic mass is 9.87. The normalized spacial score (nSPS) is 11.6. The van der Waals surface area contributed by atoms with E-state index in [0.29, 0.717) is 33.5 Å². The van der Waals surface area contributed by atoms with E-state index in [1.807, 2.05) is 24.3 Å². The van der Waals surface area contributed by atoms with Crippen molar-refractivity contribution in [2.75, 3.05) is 5.84 Å². The second-order valence-electron chi connectivity index (χ2n) is 8.14. The summed E-state index contributed by atoms with van der Waals surface area (Å²) in [6.45, 7) is 6.72. The Bertz CT molecular complexity index is 1200. The molecule has 0 saturated heterocycles. The lowest BCUT2D eigenvalue weighted by Gasteiger charge is -2.19. The fourth-order valence-electron chi connectivity index (χ4n) is 2.89. The molecule has 0 aliphatic carbocycles. The summed E-state index contributed by atoms with van der Waals surface area (Å²) in [5.74, 6) is 8.72. The Kier molecular flexibility index (Phi) is 6.38. The largest absolute Gasteiger partial charge is 0.486 e. The lowest BCUT2D eigenvalue weighted by Crippen LogP contribution is -2.16. The summed E-state index contributed by atoms with van der Waals surface area (Å²) in [6.07, 6.45) is 0. The van der Waals surface area contributed by atoms with Crippen molar-refractivity contribution in [2.45, 2.75) is 43.7 Å². The molecule has 0 bridgehead atoms. The molecule has 2 N–H and O–H groups in total. The number of ether oxygens (including phenoxy) is 1. The van der Waals surface area contributed by atoms with Crippen molar-refractivity contribution in [1.29, 1.82) is 0 Å². The van der Waals surface area contributed by atoms with Gasteiger partial charge in [-0.15, -0.1) is 10.2 Å². The van der Waals surface area contributed by atoms with Crippen molar-refractivity contribution < 1.29 is 9.26 Å². The van der Waals surface area contributed by atoms with Gasteiger partial charge in [0.2, 0.25) is 16.9 Å². The average Bonchev–Trinajstić information content (AvgIpc) is 3.37. The van der Waals surface area contributed by atoms with Gasteiger partial charge in [0.1, 0.15) is 12.4 Å². The van der Waals surface area contributed by atoms with Gasteiger partial charge in [-0.3, -0.25) is 0 Å². The van der Waals surface area contributed by atoms with Gasteiger partial charge in [-0.2, -0.15) is 4.98 Å². The van der Waals surface area contributed by atoms with Gasteiger partial charge in [0, 0.05) is 10.6 Å². The van der Waals surface area contributed by atoms with Gasteiger partial charge in [-0.1, -0.05) is 73.6 Å². The molecular formula is C22H23ClN6O2S. The molecule has 0 fully saturated rings. The molecule has 10 heteroatoms. The molecule has 4 rings (SSSR count). The second-order valence-corrected chi connectivity index (χ2v) is 9.52. The number of thioether (sulfide) groups is 1. The molecule has 0 radical (unpaired) electrons. The molecule has 0 aliphatic rings. The van der Waals surface area contributed by atoms with Crippen molar-refractivity contribution >= 4 is 23.4 Å². The van der Waals surface area contributed by atoms with Crippen molar-refractivity contribution in [2.24, 2.45) is 0 Å². The van der Waals surface area contributed by atoms with E-state index in [0.717, 1.165) is 11.3 Å². The molecule has 0 atom stereocenters. The van der Waals surface area contributed by atoms with Gasteiger partial charge in [0.05, 0.1) is 5.75 Å². The van der Waals surface area contributed by atoms with E-state index in [1.165, 1.54) is 22.0 Å². The van der Waals surface area contributed by atoms with Crippen LogP contribution in [0.25, 0.3) is 11.4 Å². The second kappa shape index (κ2) is 9.22. The molecule has 0 unspecified atom stereocenters. The van der Waals surface area contributed by atoms with Gasteiger partial charge in [0.25, 0.3) is 0 Å². The first-order chi connectivity index (χ1) is 15.3. The fraction of sp³-hybridized carbons (Fsp3) is 0.273. The van der Waals surface area contributed by atoms with Crippen LogP contribution in [0, 0.1) is 0 Å². The third kappa shape index (κ3) is 5.23.